The summed E-state index contributed by atoms with van der Waals surface area (Å²) in [4.78, 5) is 13.4. The third kappa shape index (κ3) is 3.74. The van der Waals surface area contributed by atoms with Crippen LogP contribution in [0, 0.1) is 0 Å². The molecule has 1 aliphatic heterocycles. The maximum Gasteiger partial charge on any atom is 0.231 e. The van der Waals surface area contributed by atoms with Crippen LogP contribution in [0.3, 0.4) is 0 Å². The zero-order valence-electron chi connectivity index (χ0n) is 15.2. The van der Waals surface area contributed by atoms with Gasteiger partial charge in [0.25, 0.3) is 0 Å². The minimum Gasteiger partial charge on any atom is -0.454 e. The topological polar surface area (TPSA) is 147 Å². The average Bonchev–Trinajstić information content (AvgIpc) is 3.13. The lowest BCUT2D eigenvalue weighted by molar-refractivity contribution is 0.174. The first-order valence-corrected chi connectivity index (χ1v) is 8.85. The molecular weight excluding hydrogens is 358 g/mol. The molecule has 1 aliphatic rings. The molecular formula is C19H21N7O2. The van der Waals surface area contributed by atoms with Gasteiger partial charge in [0.15, 0.2) is 23.3 Å². The number of hydrogen-bond acceptors (Lipinski definition) is 7. The Morgan fingerprint density at radius 3 is 2.75 bits per heavy atom. The van der Waals surface area contributed by atoms with Gasteiger partial charge in [0.05, 0.1) is 5.52 Å². The zero-order chi connectivity index (χ0) is 19.5. The van der Waals surface area contributed by atoms with Crippen LogP contribution in [0.5, 0.6) is 11.5 Å². The normalized spacial score (nSPS) is 12.2. The number of nitrogens with two attached hydrogens (primary N) is 3. The molecule has 0 saturated heterocycles. The van der Waals surface area contributed by atoms with Gasteiger partial charge in [-0.1, -0.05) is 6.07 Å². The molecule has 1 aromatic heterocycles. The van der Waals surface area contributed by atoms with Crippen molar-refractivity contribution in [1.29, 1.82) is 0 Å². The number of aromatic nitrogens is 2. The molecule has 0 amide bonds. The summed E-state index contributed by atoms with van der Waals surface area (Å²) in [6.07, 6.45) is 0.500. The fourth-order valence-electron chi connectivity index (χ4n) is 3.01. The second kappa shape index (κ2) is 7.57. The van der Waals surface area contributed by atoms with E-state index in [9.17, 15) is 0 Å². The molecule has 0 atom stereocenters. The van der Waals surface area contributed by atoms with Crippen LogP contribution in [0.15, 0.2) is 41.4 Å². The van der Waals surface area contributed by atoms with Crippen LogP contribution >= 0.6 is 0 Å². The summed E-state index contributed by atoms with van der Waals surface area (Å²) in [5, 5.41) is 4.01. The Morgan fingerprint density at radius 1 is 1.07 bits per heavy atom. The highest BCUT2D eigenvalue weighted by molar-refractivity contribution is 5.92. The number of rotatable bonds is 6. The molecule has 2 heterocycles. The van der Waals surface area contributed by atoms with Crippen LogP contribution in [0.25, 0.3) is 10.9 Å². The van der Waals surface area contributed by atoms with Crippen molar-refractivity contribution in [2.75, 3.05) is 25.2 Å². The smallest absolute Gasteiger partial charge is 0.231 e. The second-order valence-electron chi connectivity index (χ2n) is 6.31. The zero-order valence-corrected chi connectivity index (χ0v) is 15.2. The Labute approximate surface area is 161 Å². The number of fused-ring (bicyclic) bond motifs is 2. The Kier molecular flexibility index (Phi) is 4.81. The highest BCUT2D eigenvalue weighted by Crippen LogP contribution is 2.33. The number of nitrogens with zero attached hydrogens (tertiary/aromatic N) is 3. The molecule has 0 saturated carbocycles. The van der Waals surface area contributed by atoms with E-state index in [-0.39, 0.29) is 12.8 Å². The SMILES string of the molecule is NCCNc1ccc2c(N=C(N)N)nc(Cc3ccc4c(c3)OCO4)nc2c1. The van der Waals surface area contributed by atoms with Crippen LogP contribution in [-0.2, 0) is 6.42 Å². The summed E-state index contributed by atoms with van der Waals surface area (Å²) in [7, 11) is 0. The van der Waals surface area contributed by atoms with Crippen molar-refractivity contribution in [3.8, 4) is 11.5 Å². The van der Waals surface area contributed by atoms with E-state index in [0.29, 0.717) is 31.2 Å². The Morgan fingerprint density at radius 2 is 1.93 bits per heavy atom. The third-order valence-corrected chi connectivity index (χ3v) is 4.23. The molecule has 3 aromatic rings. The molecule has 0 bridgehead atoms. The number of benzene rings is 2. The molecule has 0 fully saturated rings. The lowest BCUT2D eigenvalue weighted by Gasteiger charge is -2.09. The second-order valence-corrected chi connectivity index (χ2v) is 6.31. The molecule has 9 nitrogen and oxygen atoms in total. The van der Waals surface area contributed by atoms with Crippen LogP contribution in [0.4, 0.5) is 11.5 Å². The third-order valence-electron chi connectivity index (χ3n) is 4.23. The fourth-order valence-corrected chi connectivity index (χ4v) is 3.01. The van der Waals surface area contributed by atoms with Gasteiger partial charge in [0.1, 0.15) is 5.82 Å². The van der Waals surface area contributed by atoms with Crippen LogP contribution < -0.4 is 32.0 Å². The summed E-state index contributed by atoms with van der Waals surface area (Å²) in [5.74, 6) is 2.43. The molecule has 4 rings (SSSR count). The lowest BCUT2D eigenvalue weighted by Crippen LogP contribution is -2.22. The molecule has 9 heteroatoms. The largest absolute Gasteiger partial charge is 0.454 e. The Bertz CT molecular complexity index is 1050. The number of guanidine groups is 1. The number of anilines is 1. The van der Waals surface area contributed by atoms with Gasteiger partial charge in [-0.25, -0.2) is 9.97 Å². The quantitative estimate of drug-likeness (QED) is 0.369. The van der Waals surface area contributed by atoms with Crippen molar-refractivity contribution in [2.45, 2.75) is 6.42 Å². The van der Waals surface area contributed by atoms with Gasteiger partial charge in [-0.2, -0.15) is 4.99 Å². The highest BCUT2D eigenvalue weighted by atomic mass is 16.7. The van der Waals surface area contributed by atoms with Crippen LogP contribution in [-0.4, -0.2) is 35.8 Å². The van der Waals surface area contributed by atoms with E-state index in [1.165, 1.54) is 0 Å². The van der Waals surface area contributed by atoms with E-state index < -0.39 is 0 Å². The van der Waals surface area contributed by atoms with E-state index in [2.05, 4.69) is 15.3 Å². The molecule has 0 spiro atoms. The average molecular weight is 379 g/mol. The van der Waals surface area contributed by atoms with Gasteiger partial charge in [-0.3, -0.25) is 0 Å². The Hall–Kier alpha value is -3.59. The molecule has 0 unspecified atom stereocenters. The first-order valence-electron chi connectivity index (χ1n) is 8.85. The van der Waals surface area contributed by atoms with E-state index in [0.717, 1.165) is 33.7 Å². The van der Waals surface area contributed by atoms with Gasteiger partial charge in [-0.15, -0.1) is 0 Å². The molecule has 0 radical (unpaired) electrons. The molecule has 144 valence electrons. The number of hydrogen-bond donors (Lipinski definition) is 4. The van der Waals surface area contributed by atoms with Crippen molar-refractivity contribution in [3.63, 3.8) is 0 Å². The maximum atomic E-state index is 5.59. The van der Waals surface area contributed by atoms with Gasteiger partial charge >= 0.3 is 0 Å². The van der Waals surface area contributed by atoms with Gasteiger partial charge in [-0.05, 0) is 35.9 Å². The van der Waals surface area contributed by atoms with Gasteiger partial charge in [0, 0.05) is 30.6 Å². The van der Waals surface area contributed by atoms with E-state index in [1.54, 1.807) is 0 Å². The minimum atomic E-state index is -0.0561. The first-order chi connectivity index (χ1) is 13.6. The number of nitrogens with one attached hydrogen (secondary N) is 1. The summed E-state index contributed by atoms with van der Waals surface area (Å²) in [6.45, 7) is 1.44. The lowest BCUT2D eigenvalue weighted by atomic mass is 10.1. The molecule has 2 aromatic carbocycles. The van der Waals surface area contributed by atoms with E-state index >= 15 is 0 Å². The van der Waals surface area contributed by atoms with Crippen LogP contribution in [0.2, 0.25) is 0 Å². The summed E-state index contributed by atoms with van der Waals surface area (Å²) >= 11 is 0. The summed E-state index contributed by atoms with van der Waals surface area (Å²) in [5.41, 5.74) is 19.4. The monoisotopic (exact) mass is 379 g/mol. The van der Waals surface area contributed by atoms with E-state index in [1.807, 2.05) is 36.4 Å². The maximum absolute atomic E-state index is 5.59. The van der Waals surface area contributed by atoms with Crippen molar-refractivity contribution < 1.29 is 9.47 Å². The summed E-state index contributed by atoms with van der Waals surface area (Å²) < 4.78 is 10.8. The first kappa shape index (κ1) is 17.8. The van der Waals surface area contributed by atoms with Crippen molar-refractivity contribution >= 4 is 28.4 Å². The van der Waals surface area contributed by atoms with Crippen molar-refractivity contribution in [3.05, 3.63) is 47.8 Å². The number of aliphatic imine (C=N–C) groups is 1. The predicted molar refractivity (Wildman–Crippen MR) is 108 cm³/mol. The Balaban J connectivity index is 1.73. The predicted octanol–water partition coefficient (Wildman–Crippen LogP) is 1.22. The highest BCUT2D eigenvalue weighted by Gasteiger charge is 2.15. The molecule has 28 heavy (non-hydrogen) atoms. The minimum absolute atomic E-state index is 0.0561. The summed E-state index contributed by atoms with van der Waals surface area (Å²) in [6, 6.07) is 11.5. The molecule has 0 aliphatic carbocycles. The van der Waals surface area contributed by atoms with Crippen molar-refractivity contribution in [1.82, 2.24) is 9.97 Å². The molecule has 7 N–H and O–H groups in total. The van der Waals surface area contributed by atoms with Gasteiger partial charge in [0.2, 0.25) is 6.79 Å². The van der Waals surface area contributed by atoms with Crippen molar-refractivity contribution in [2.24, 2.45) is 22.2 Å². The standard InChI is InChI=1S/C19H21N7O2/c20-5-6-23-12-2-3-13-14(9-12)24-17(25-18(13)26-19(21)22)8-11-1-4-15-16(7-11)28-10-27-15/h1-4,7,9,23H,5-6,8,10,20H2,(H4,21,22,24,25,26). The number of ether oxygens (including phenoxy) is 2. The fraction of sp³-hybridized carbons (Fsp3) is 0.211. The van der Waals surface area contributed by atoms with Crippen LogP contribution in [0.1, 0.15) is 11.4 Å². The van der Waals surface area contributed by atoms with E-state index in [4.69, 9.17) is 31.7 Å². The van der Waals surface area contributed by atoms with Gasteiger partial charge < -0.3 is 32.0 Å².